The van der Waals surface area contributed by atoms with Gasteiger partial charge in [0.05, 0.1) is 16.9 Å². The predicted molar refractivity (Wildman–Crippen MR) is 95.8 cm³/mol. The van der Waals surface area contributed by atoms with Gasteiger partial charge < -0.3 is 8.98 Å². The summed E-state index contributed by atoms with van der Waals surface area (Å²) in [6.07, 6.45) is 6.22. The minimum Gasteiger partial charge on any atom is -0.463 e. The van der Waals surface area contributed by atoms with E-state index in [9.17, 15) is 10.1 Å². The highest BCUT2D eigenvalue weighted by Crippen LogP contribution is 2.34. The summed E-state index contributed by atoms with van der Waals surface area (Å²) in [5.74, 6) is 0.798. The second-order valence-electron chi connectivity index (χ2n) is 6.05. The van der Waals surface area contributed by atoms with Crippen molar-refractivity contribution in [3.8, 4) is 11.5 Å². The zero-order chi connectivity index (χ0) is 17.2. The molecular weight excluding hydrogens is 338 g/mol. The molecule has 0 atom stereocenters. The fourth-order valence-electron chi connectivity index (χ4n) is 3.34. The van der Waals surface area contributed by atoms with Crippen LogP contribution in [0.5, 0.6) is 0 Å². The number of thiazole rings is 1. The van der Waals surface area contributed by atoms with Crippen molar-refractivity contribution in [2.24, 2.45) is 4.99 Å². The SMILES string of the molecule is O=[N+]([O-])c1ccccc1N=c1scc(-c2ccco2)n1C1CCCC1. The van der Waals surface area contributed by atoms with Crippen LogP contribution in [0.3, 0.4) is 0 Å². The molecule has 0 bridgehead atoms. The minimum absolute atomic E-state index is 0.0217. The Balaban J connectivity index is 1.89. The topological polar surface area (TPSA) is 73.6 Å². The zero-order valence-electron chi connectivity index (χ0n) is 13.5. The predicted octanol–water partition coefficient (Wildman–Crippen LogP) is 5.07. The fourth-order valence-corrected chi connectivity index (χ4v) is 4.30. The number of furan rings is 1. The van der Waals surface area contributed by atoms with Gasteiger partial charge in [0.25, 0.3) is 5.69 Å². The van der Waals surface area contributed by atoms with Crippen molar-refractivity contribution in [3.63, 3.8) is 0 Å². The Morgan fingerprint density at radius 1 is 1.20 bits per heavy atom. The molecule has 1 aliphatic carbocycles. The Hall–Kier alpha value is -2.67. The van der Waals surface area contributed by atoms with Crippen LogP contribution in [0.25, 0.3) is 11.5 Å². The van der Waals surface area contributed by atoms with E-state index in [4.69, 9.17) is 4.42 Å². The van der Waals surface area contributed by atoms with Gasteiger partial charge in [-0.05, 0) is 31.0 Å². The summed E-state index contributed by atoms with van der Waals surface area (Å²) in [6.45, 7) is 0. The van der Waals surface area contributed by atoms with Gasteiger partial charge in [-0.15, -0.1) is 11.3 Å². The second kappa shape index (κ2) is 6.68. The van der Waals surface area contributed by atoms with Gasteiger partial charge in [0, 0.05) is 17.5 Å². The van der Waals surface area contributed by atoms with Gasteiger partial charge in [0.1, 0.15) is 5.69 Å². The van der Waals surface area contributed by atoms with Gasteiger partial charge in [-0.1, -0.05) is 25.0 Å². The molecule has 2 heterocycles. The molecule has 128 valence electrons. The number of hydrogen-bond donors (Lipinski definition) is 0. The molecule has 1 aliphatic rings. The van der Waals surface area contributed by atoms with Crippen LogP contribution in [-0.2, 0) is 0 Å². The van der Waals surface area contributed by atoms with Crippen LogP contribution >= 0.6 is 11.3 Å². The molecule has 0 amide bonds. The van der Waals surface area contributed by atoms with Crippen molar-refractivity contribution in [2.75, 3.05) is 0 Å². The lowest BCUT2D eigenvalue weighted by Gasteiger charge is -2.14. The van der Waals surface area contributed by atoms with Gasteiger partial charge >= 0.3 is 0 Å². The lowest BCUT2D eigenvalue weighted by atomic mass is 10.2. The number of aromatic nitrogens is 1. The maximum Gasteiger partial charge on any atom is 0.294 e. The molecule has 0 unspecified atom stereocenters. The van der Waals surface area contributed by atoms with Crippen molar-refractivity contribution < 1.29 is 9.34 Å². The lowest BCUT2D eigenvalue weighted by Crippen LogP contribution is -2.19. The maximum atomic E-state index is 11.3. The summed E-state index contributed by atoms with van der Waals surface area (Å²) in [6, 6.07) is 10.8. The summed E-state index contributed by atoms with van der Waals surface area (Å²) in [5.41, 5.74) is 1.39. The number of nitro benzene ring substituents is 1. The smallest absolute Gasteiger partial charge is 0.294 e. The molecule has 25 heavy (non-hydrogen) atoms. The zero-order valence-corrected chi connectivity index (χ0v) is 14.3. The van der Waals surface area contributed by atoms with Crippen molar-refractivity contribution in [2.45, 2.75) is 31.7 Å². The van der Waals surface area contributed by atoms with E-state index in [1.165, 1.54) is 30.2 Å². The third-order valence-electron chi connectivity index (χ3n) is 4.50. The molecule has 4 rings (SSSR count). The molecule has 2 aromatic heterocycles. The van der Waals surface area contributed by atoms with Crippen LogP contribution in [-0.4, -0.2) is 9.49 Å². The largest absolute Gasteiger partial charge is 0.463 e. The first-order valence-corrected chi connectivity index (χ1v) is 9.14. The summed E-state index contributed by atoms with van der Waals surface area (Å²) < 4.78 is 7.77. The third kappa shape index (κ3) is 3.02. The van der Waals surface area contributed by atoms with Gasteiger partial charge in [0.15, 0.2) is 10.6 Å². The van der Waals surface area contributed by atoms with Crippen molar-refractivity contribution in [1.82, 2.24) is 4.57 Å². The van der Waals surface area contributed by atoms with Gasteiger partial charge in [-0.2, -0.15) is 0 Å². The number of nitrogens with zero attached hydrogens (tertiary/aromatic N) is 3. The van der Waals surface area contributed by atoms with E-state index in [1.54, 1.807) is 24.5 Å². The van der Waals surface area contributed by atoms with Crippen LogP contribution in [0.4, 0.5) is 11.4 Å². The lowest BCUT2D eigenvalue weighted by molar-refractivity contribution is -0.384. The van der Waals surface area contributed by atoms with Crippen LogP contribution < -0.4 is 4.80 Å². The van der Waals surface area contributed by atoms with Gasteiger partial charge in [0.2, 0.25) is 0 Å². The first-order chi connectivity index (χ1) is 12.2. The summed E-state index contributed by atoms with van der Waals surface area (Å²) in [4.78, 5) is 16.3. The molecule has 6 nitrogen and oxygen atoms in total. The second-order valence-corrected chi connectivity index (χ2v) is 6.88. The first-order valence-electron chi connectivity index (χ1n) is 8.26. The minimum atomic E-state index is -0.389. The molecule has 1 fully saturated rings. The van der Waals surface area contributed by atoms with E-state index in [1.807, 2.05) is 17.5 Å². The quantitative estimate of drug-likeness (QED) is 0.485. The van der Waals surface area contributed by atoms with Crippen molar-refractivity contribution in [3.05, 3.63) is 63.0 Å². The molecule has 1 saturated carbocycles. The van der Waals surface area contributed by atoms with Crippen molar-refractivity contribution >= 4 is 22.7 Å². The summed E-state index contributed by atoms with van der Waals surface area (Å²) in [5, 5.41) is 13.3. The van der Waals surface area contributed by atoms with E-state index in [-0.39, 0.29) is 10.6 Å². The van der Waals surface area contributed by atoms with Gasteiger partial charge in [-0.3, -0.25) is 10.1 Å². The van der Waals surface area contributed by atoms with E-state index < -0.39 is 0 Å². The molecule has 0 aliphatic heterocycles. The molecule has 0 spiro atoms. The average molecular weight is 355 g/mol. The van der Waals surface area contributed by atoms with E-state index in [2.05, 4.69) is 9.56 Å². The fraction of sp³-hybridized carbons (Fsp3) is 0.278. The molecule has 1 aromatic carbocycles. The molecule has 3 aromatic rings. The number of benzene rings is 1. The monoisotopic (exact) mass is 355 g/mol. The van der Waals surface area contributed by atoms with E-state index >= 15 is 0 Å². The normalized spacial score (nSPS) is 15.8. The van der Waals surface area contributed by atoms with Crippen LogP contribution in [0.1, 0.15) is 31.7 Å². The van der Waals surface area contributed by atoms with Crippen LogP contribution in [0.15, 0.2) is 57.5 Å². The Labute approximate surface area is 148 Å². The van der Waals surface area contributed by atoms with Crippen LogP contribution in [0.2, 0.25) is 0 Å². The van der Waals surface area contributed by atoms with Gasteiger partial charge in [-0.25, -0.2) is 4.99 Å². The Morgan fingerprint density at radius 3 is 2.72 bits per heavy atom. The molecule has 0 N–H and O–H groups in total. The number of nitro groups is 1. The average Bonchev–Trinajstić information content (AvgIpc) is 3.36. The number of rotatable bonds is 4. The highest BCUT2D eigenvalue weighted by atomic mass is 32.1. The van der Waals surface area contributed by atoms with E-state index in [0.29, 0.717) is 11.7 Å². The Morgan fingerprint density at radius 2 is 2.00 bits per heavy atom. The Kier molecular flexibility index (Phi) is 4.23. The Bertz CT molecular complexity index is 950. The molecular formula is C18H17N3O3S. The first kappa shape index (κ1) is 15.8. The highest BCUT2D eigenvalue weighted by Gasteiger charge is 2.23. The molecule has 0 radical (unpaired) electrons. The summed E-state index contributed by atoms with van der Waals surface area (Å²) >= 11 is 1.49. The van der Waals surface area contributed by atoms with Crippen LogP contribution in [0, 0.1) is 10.1 Å². The number of hydrogen-bond acceptors (Lipinski definition) is 5. The molecule has 7 heteroatoms. The highest BCUT2D eigenvalue weighted by molar-refractivity contribution is 7.07. The van der Waals surface area contributed by atoms with E-state index in [0.717, 1.165) is 29.1 Å². The molecule has 0 saturated heterocycles. The third-order valence-corrected chi connectivity index (χ3v) is 5.34. The van der Waals surface area contributed by atoms with Crippen molar-refractivity contribution in [1.29, 1.82) is 0 Å². The number of para-hydroxylation sites is 2. The standard InChI is InChI=1S/C18H17N3O3S/c22-21(23)15-9-4-3-8-14(15)19-18-20(13-6-1-2-7-13)16(12-25-18)17-10-5-11-24-17/h3-5,8-13H,1-2,6-7H2. The maximum absolute atomic E-state index is 11.3. The summed E-state index contributed by atoms with van der Waals surface area (Å²) in [7, 11) is 0.